The molecule has 41 heavy (non-hydrogen) atoms. The average molecular weight is 580 g/mol. The van der Waals surface area contributed by atoms with E-state index < -0.39 is 15.6 Å². The number of aromatic nitrogens is 2. The molecule has 6 rings (SSSR count). The average Bonchev–Trinajstić information content (AvgIpc) is 3.26. The van der Waals surface area contributed by atoms with Crippen molar-refractivity contribution < 1.29 is 35.3 Å². The van der Waals surface area contributed by atoms with Crippen molar-refractivity contribution in [1.29, 1.82) is 0 Å². The van der Waals surface area contributed by atoms with Crippen LogP contribution in [0.3, 0.4) is 0 Å². The molecule has 6 aromatic rings. The molecule has 0 saturated heterocycles. The zero-order valence-corrected chi connectivity index (χ0v) is 22.7. The molecule has 11 heteroatoms. The van der Waals surface area contributed by atoms with Crippen LogP contribution < -0.4 is 14.5 Å². The number of halogens is 3. The highest BCUT2D eigenvalue weighted by atomic mass is 32.2. The maximum atomic E-state index is 10.7. The molecule has 3 aromatic carbocycles. The van der Waals surface area contributed by atoms with E-state index in [-0.39, 0.29) is 0 Å². The molecule has 0 aliphatic rings. The Morgan fingerprint density at radius 1 is 0.902 bits per heavy atom. The Balaban J connectivity index is 0.000000372. The van der Waals surface area contributed by atoms with Gasteiger partial charge in [0.05, 0.1) is 19.0 Å². The summed E-state index contributed by atoms with van der Waals surface area (Å²) in [5.41, 5.74) is 1.16. The van der Waals surface area contributed by atoms with Crippen LogP contribution in [0.4, 0.5) is 24.7 Å². The molecule has 3 aromatic heterocycles. The van der Waals surface area contributed by atoms with Gasteiger partial charge in [0.25, 0.3) is 5.82 Å². The lowest BCUT2D eigenvalue weighted by molar-refractivity contribution is -0.494. The van der Waals surface area contributed by atoms with Crippen LogP contribution in [-0.2, 0) is 10.1 Å². The van der Waals surface area contributed by atoms with Crippen LogP contribution in [0.15, 0.2) is 103 Å². The van der Waals surface area contributed by atoms with Gasteiger partial charge in [-0.3, -0.25) is 5.32 Å². The van der Waals surface area contributed by atoms with Crippen LogP contribution in [0.25, 0.3) is 33.2 Å². The Hall–Kier alpha value is -4.61. The number of methoxy groups -OCH3 is 1. The van der Waals surface area contributed by atoms with E-state index in [9.17, 15) is 13.2 Å². The Morgan fingerprint density at radius 2 is 1.54 bits per heavy atom. The lowest BCUT2D eigenvalue weighted by Gasteiger charge is -2.08. The molecule has 0 unspecified atom stereocenters. The van der Waals surface area contributed by atoms with Gasteiger partial charge in [-0.1, -0.05) is 54.6 Å². The third kappa shape index (κ3) is 5.54. The summed E-state index contributed by atoms with van der Waals surface area (Å²) in [5, 5.41) is 6.12. The zero-order chi connectivity index (χ0) is 29.4. The van der Waals surface area contributed by atoms with Crippen LogP contribution in [0, 0.1) is 6.92 Å². The van der Waals surface area contributed by atoms with Gasteiger partial charge in [0.2, 0.25) is 5.65 Å². The van der Waals surface area contributed by atoms with Gasteiger partial charge in [0.1, 0.15) is 11.4 Å². The van der Waals surface area contributed by atoms with Gasteiger partial charge in [-0.05, 0) is 54.3 Å². The summed E-state index contributed by atoms with van der Waals surface area (Å²) in [4.78, 5) is 0. The number of hydrogen-bond acceptors (Lipinski definition) is 5. The van der Waals surface area contributed by atoms with Crippen molar-refractivity contribution in [3.8, 4) is 17.0 Å². The molecule has 0 aliphatic carbocycles. The zero-order valence-electron chi connectivity index (χ0n) is 21.9. The van der Waals surface area contributed by atoms with Gasteiger partial charge < -0.3 is 9.29 Å². The fraction of sp³-hybridized carbons (Fsp3) is 0.100. The number of ether oxygens (including phenoxy) is 1. The minimum Gasteiger partial charge on any atom is -0.741 e. The van der Waals surface area contributed by atoms with Crippen LogP contribution in [0.2, 0.25) is 0 Å². The van der Waals surface area contributed by atoms with Crippen molar-refractivity contribution in [3.63, 3.8) is 0 Å². The maximum Gasteiger partial charge on any atom is 0.485 e. The number of aryl methyl sites for hydroxylation is 1. The van der Waals surface area contributed by atoms with Gasteiger partial charge in [-0.2, -0.15) is 13.2 Å². The van der Waals surface area contributed by atoms with E-state index in [2.05, 4.69) is 100 Å². The molecule has 0 aliphatic heterocycles. The third-order valence-electron chi connectivity index (χ3n) is 6.45. The molecule has 0 bridgehead atoms. The number of nitrogens with zero attached hydrogens (tertiary/aromatic N) is 2. The fourth-order valence-corrected chi connectivity index (χ4v) is 4.59. The molecular formula is C30H24F3N3O4S. The SMILES string of the molecule is COc1ccc(Nc2c3c4ccccc4cc(-c4ccccc4)n3c3ccc(C)c[n+]23)cc1.O=S(=O)([O-])C(F)(F)F. The van der Waals surface area contributed by atoms with Crippen molar-refractivity contribution >= 4 is 43.6 Å². The predicted octanol–water partition coefficient (Wildman–Crippen LogP) is 6.61. The van der Waals surface area contributed by atoms with Gasteiger partial charge in [-0.25, -0.2) is 17.2 Å². The number of hydrogen-bond donors (Lipinski definition) is 1. The molecule has 7 nitrogen and oxygen atoms in total. The van der Waals surface area contributed by atoms with Crippen LogP contribution in [-0.4, -0.2) is 30.0 Å². The van der Waals surface area contributed by atoms with E-state index in [0.29, 0.717) is 0 Å². The van der Waals surface area contributed by atoms with Gasteiger partial charge in [0.15, 0.2) is 15.6 Å². The first kappa shape index (κ1) is 27.9. The lowest BCUT2D eigenvalue weighted by atomic mass is 10.1. The normalized spacial score (nSPS) is 11.9. The molecular weight excluding hydrogens is 555 g/mol. The molecule has 0 radical (unpaired) electrons. The Labute approximate surface area is 233 Å². The van der Waals surface area contributed by atoms with Gasteiger partial charge in [0, 0.05) is 17.0 Å². The summed E-state index contributed by atoms with van der Waals surface area (Å²) < 4.78 is 68.9. The molecule has 210 valence electrons. The lowest BCUT2D eigenvalue weighted by Crippen LogP contribution is -2.23. The smallest absolute Gasteiger partial charge is 0.485 e. The van der Waals surface area contributed by atoms with E-state index in [1.807, 2.05) is 24.3 Å². The standard InChI is InChI=1S/C29H24N3O.CHF3O3S/c1-20-12-17-27-31(19-20)29(30-23-13-15-24(33-2)16-14-23)28-25-11-7-6-10-22(25)18-26(32(27)28)21-8-4-3-5-9-21;2-1(3,4)8(5,6)7/h3-19,30H,1-2H3;(H,5,6,7)/q+1;/p-1. The molecule has 0 amide bonds. The molecule has 0 saturated carbocycles. The topological polar surface area (TPSA) is 87.0 Å². The monoisotopic (exact) mass is 579 g/mol. The summed E-state index contributed by atoms with van der Waals surface area (Å²) in [6.07, 6.45) is 2.19. The van der Waals surface area contributed by atoms with E-state index in [4.69, 9.17) is 17.7 Å². The van der Waals surface area contributed by atoms with Gasteiger partial charge in [-0.15, -0.1) is 0 Å². The Kier molecular flexibility index (Phi) is 7.33. The summed E-state index contributed by atoms with van der Waals surface area (Å²) in [7, 11) is -4.40. The minimum atomic E-state index is -6.09. The highest BCUT2D eigenvalue weighted by Gasteiger charge is 2.37. The summed E-state index contributed by atoms with van der Waals surface area (Å²) >= 11 is 0. The first-order valence-electron chi connectivity index (χ1n) is 12.3. The highest BCUT2D eigenvalue weighted by molar-refractivity contribution is 7.86. The largest absolute Gasteiger partial charge is 0.741 e. The second-order valence-corrected chi connectivity index (χ2v) is 10.6. The van der Waals surface area contributed by atoms with Gasteiger partial charge >= 0.3 is 5.51 Å². The summed E-state index contributed by atoms with van der Waals surface area (Å²) in [6, 6.07) is 33.9. The van der Waals surface area contributed by atoms with Crippen LogP contribution in [0.1, 0.15) is 5.56 Å². The predicted molar refractivity (Wildman–Crippen MR) is 150 cm³/mol. The van der Waals surface area contributed by atoms with E-state index in [1.165, 1.54) is 21.9 Å². The first-order chi connectivity index (χ1) is 19.5. The van der Waals surface area contributed by atoms with E-state index in [1.54, 1.807) is 7.11 Å². The molecule has 0 fully saturated rings. The number of nitrogens with one attached hydrogen (secondary N) is 1. The molecule has 0 atom stereocenters. The van der Waals surface area contributed by atoms with E-state index in [0.717, 1.165) is 34.1 Å². The number of fused-ring (bicyclic) bond motifs is 5. The fourth-order valence-electron chi connectivity index (χ4n) is 4.59. The van der Waals surface area contributed by atoms with Crippen molar-refractivity contribution in [2.24, 2.45) is 0 Å². The van der Waals surface area contributed by atoms with Crippen molar-refractivity contribution in [2.45, 2.75) is 12.4 Å². The number of rotatable bonds is 4. The van der Waals surface area contributed by atoms with E-state index >= 15 is 0 Å². The van der Waals surface area contributed by atoms with Crippen molar-refractivity contribution in [3.05, 3.63) is 109 Å². The van der Waals surface area contributed by atoms with Crippen molar-refractivity contribution in [2.75, 3.05) is 12.4 Å². The van der Waals surface area contributed by atoms with Crippen LogP contribution in [0.5, 0.6) is 5.75 Å². The highest BCUT2D eigenvalue weighted by Crippen LogP contribution is 2.34. The maximum absolute atomic E-state index is 10.7. The van der Waals surface area contributed by atoms with Crippen LogP contribution >= 0.6 is 0 Å². The third-order valence-corrected chi connectivity index (χ3v) is 7.01. The molecule has 1 N–H and O–H groups in total. The molecule has 3 heterocycles. The second-order valence-electron chi connectivity index (χ2n) is 9.20. The second kappa shape index (κ2) is 10.8. The Bertz CT molecular complexity index is 1970. The number of pyridine rings is 2. The van der Waals surface area contributed by atoms with Crippen molar-refractivity contribution in [1.82, 2.24) is 4.40 Å². The number of benzene rings is 3. The minimum absolute atomic E-state index is 0.840. The quantitative estimate of drug-likeness (QED) is 0.144. The first-order valence-corrected chi connectivity index (χ1v) is 13.8. The Morgan fingerprint density at radius 3 is 2.17 bits per heavy atom. The number of alkyl halides is 3. The number of anilines is 2. The summed E-state index contributed by atoms with van der Waals surface area (Å²) in [5.74, 6) is 1.88. The summed E-state index contributed by atoms with van der Waals surface area (Å²) in [6.45, 7) is 2.13. The molecule has 0 spiro atoms. The number of imidazole rings is 1.